The smallest absolute Gasteiger partial charge is 0.160 e. The van der Waals surface area contributed by atoms with Crippen molar-refractivity contribution in [3.05, 3.63) is 72.0 Å². The zero-order chi connectivity index (χ0) is 14.1. The van der Waals surface area contributed by atoms with Gasteiger partial charge in [-0.1, -0.05) is 80.0 Å². The van der Waals surface area contributed by atoms with E-state index in [-0.39, 0.29) is 5.78 Å². The topological polar surface area (TPSA) is 17.1 Å². The molecule has 0 aliphatic heterocycles. The normalized spacial score (nSPS) is 12.8. The van der Waals surface area contributed by atoms with E-state index in [2.05, 4.69) is 31.4 Å². The summed E-state index contributed by atoms with van der Waals surface area (Å²) in [4.78, 5) is 11.7. The van der Waals surface area contributed by atoms with Crippen molar-refractivity contribution in [3.8, 4) is 0 Å². The predicted octanol–water partition coefficient (Wildman–Crippen LogP) is 4.34. The second kappa shape index (κ2) is 7.69. The summed E-state index contributed by atoms with van der Waals surface area (Å²) in [6, 6.07) is 9.80. The molecule has 100 valence electrons. The van der Waals surface area contributed by atoms with Crippen LogP contribution in [0.5, 0.6) is 0 Å². The second-order valence-electron chi connectivity index (χ2n) is 5.60. The molecule has 0 amide bonds. The van der Waals surface area contributed by atoms with Gasteiger partial charge in [-0.2, -0.15) is 0 Å². The fraction of sp³-hybridized carbons (Fsp3) is 0.235. The molecule has 0 atom stereocenters. The maximum atomic E-state index is 11.7. The largest absolute Gasteiger partial charge is 0.294 e. The molecule has 0 bridgehead atoms. The van der Waals surface area contributed by atoms with Crippen LogP contribution in [0.1, 0.15) is 5.56 Å². The van der Waals surface area contributed by atoms with Crippen molar-refractivity contribution >= 4 is 13.9 Å². The monoisotopic (exact) mass is 270 g/mol. The van der Waals surface area contributed by atoms with E-state index in [4.69, 9.17) is 0 Å². The van der Waals surface area contributed by atoms with Gasteiger partial charge in [0.15, 0.2) is 5.78 Å². The Labute approximate surface area is 117 Å². The second-order valence-corrected chi connectivity index (χ2v) is 10.7. The van der Waals surface area contributed by atoms with Crippen LogP contribution < -0.4 is 0 Å². The van der Waals surface area contributed by atoms with E-state index in [9.17, 15) is 4.79 Å². The lowest BCUT2D eigenvalue weighted by Gasteiger charge is -2.06. The first-order valence-electron chi connectivity index (χ1n) is 6.57. The molecule has 0 fully saturated rings. The molecule has 1 aromatic carbocycles. The lowest BCUT2D eigenvalue weighted by atomic mass is 10.1. The van der Waals surface area contributed by atoms with E-state index in [1.165, 1.54) is 0 Å². The molecule has 0 unspecified atom stereocenters. The molecule has 19 heavy (non-hydrogen) atoms. The fourth-order valence-electron chi connectivity index (χ4n) is 1.49. The molecule has 0 aliphatic carbocycles. The summed E-state index contributed by atoms with van der Waals surface area (Å²) in [6.07, 6.45) is 9.85. The van der Waals surface area contributed by atoms with E-state index in [1.807, 2.05) is 42.5 Å². The quantitative estimate of drug-likeness (QED) is 0.427. The molecule has 2 heteroatoms. The number of hydrogen-bond donors (Lipinski definition) is 0. The summed E-state index contributed by atoms with van der Waals surface area (Å²) in [5.74, 6) is 0.130. The minimum atomic E-state index is -1.11. The van der Waals surface area contributed by atoms with Crippen LogP contribution in [0.2, 0.25) is 19.6 Å². The summed E-state index contributed by atoms with van der Waals surface area (Å²) in [5, 5.41) is 0. The molecule has 0 spiro atoms. The van der Waals surface area contributed by atoms with Gasteiger partial charge in [0.1, 0.15) is 0 Å². The SMILES string of the molecule is C[Si](C)(C)/C=C/C=C/C=C/C(=O)Cc1ccccc1. The number of carbonyl (C=O) groups excluding carboxylic acids is 1. The number of rotatable bonds is 6. The van der Waals surface area contributed by atoms with E-state index in [1.54, 1.807) is 12.2 Å². The standard InChI is InChI=1S/C17H22OSi/c1-19(2,3)14-10-5-4-9-13-17(18)15-16-11-7-6-8-12-16/h4-14H,15H2,1-3H3/b5-4+,13-9+,14-10+. The van der Waals surface area contributed by atoms with Gasteiger partial charge in [-0.25, -0.2) is 0 Å². The number of hydrogen-bond acceptors (Lipinski definition) is 1. The number of ketones is 1. The average molecular weight is 270 g/mol. The summed E-state index contributed by atoms with van der Waals surface area (Å²) in [7, 11) is -1.11. The Balaban J connectivity index is 2.39. The molecule has 0 radical (unpaired) electrons. The summed E-state index contributed by atoms with van der Waals surface area (Å²) < 4.78 is 0. The maximum Gasteiger partial charge on any atom is 0.160 e. The highest BCUT2D eigenvalue weighted by atomic mass is 28.3. The van der Waals surface area contributed by atoms with Gasteiger partial charge in [-0.05, 0) is 11.6 Å². The van der Waals surface area contributed by atoms with Gasteiger partial charge in [-0.3, -0.25) is 4.79 Å². The van der Waals surface area contributed by atoms with Crippen LogP contribution in [0.15, 0.2) is 66.4 Å². The Kier molecular flexibility index (Phi) is 6.23. The van der Waals surface area contributed by atoms with Crippen molar-refractivity contribution in [3.63, 3.8) is 0 Å². The molecule has 0 saturated heterocycles. The van der Waals surface area contributed by atoms with Crippen LogP contribution in [0.4, 0.5) is 0 Å². The lowest BCUT2D eigenvalue weighted by Crippen LogP contribution is -2.14. The molecule has 0 saturated carbocycles. The third-order valence-electron chi connectivity index (χ3n) is 2.43. The Bertz CT molecular complexity index is 476. The first-order valence-corrected chi connectivity index (χ1v) is 10.1. The molecule has 1 rings (SSSR count). The maximum absolute atomic E-state index is 11.7. The highest BCUT2D eigenvalue weighted by Gasteiger charge is 2.05. The lowest BCUT2D eigenvalue weighted by molar-refractivity contribution is -0.114. The fourth-order valence-corrected chi connectivity index (χ4v) is 2.18. The predicted molar refractivity (Wildman–Crippen MR) is 85.9 cm³/mol. The minimum Gasteiger partial charge on any atom is -0.294 e. The Morgan fingerprint density at radius 1 is 1.00 bits per heavy atom. The van der Waals surface area contributed by atoms with Crippen molar-refractivity contribution in [1.29, 1.82) is 0 Å². The van der Waals surface area contributed by atoms with Crippen molar-refractivity contribution in [2.75, 3.05) is 0 Å². The zero-order valence-corrected chi connectivity index (χ0v) is 13.0. The third kappa shape index (κ3) is 8.11. The van der Waals surface area contributed by atoms with Gasteiger partial charge in [-0.15, -0.1) is 0 Å². The summed E-state index contributed by atoms with van der Waals surface area (Å²) >= 11 is 0. The molecule has 0 aromatic heterocycles. The Morgan fingerprint density at radius 2 is 1.63 bits per heavy atom. The van der Waals surface area contributed by atoms with Crippen molar-refractivity contribution < 1.29 is 4.79 Å². The van der Waals surface area contributed by atoms with E-state index in [0.29, 0.717) is 6.42 Å². The van der Waals surface area contributed by atoms with Gasteiger partial charge in [0.25, 0.3) is 0 Å². The zero-order valence-electron chi connectivity index (χ0n) is 12.0. The summed E-state index contributed by atoms with van der Waals surface area (Å²) in [5.41, 5.74) is 3.32. The van der Waals surface area contributed by atoms with Gasteiger partial charge in [0, 0.05) is 6.42 Å². The number of carbonyl (C=O) groups is 1. The molecule has 0 N–H and O–H groups in total. The third-order valence-corrected chi connectivity index (χ3v) is 3.63. The molecule has 1 aromatic rings. The molecular weight excluding hydrogens is 248 g/mol. The van der Waals surface area contributed by atoms with E-state index in [0.717, 1.165) is 5.56 Å². The molecule has 0 heterocycles. The van der Waals surface area contributed by atoms with Crippen LogP contribution in [-0.4, -0.2) is 13.9 Å². The van der Waals surface area contributed by atoms with E-state index >= 15 is 0 Å². The van der Waals surface area contributed by atoms with Crippen LogP contribution in [0.3, 0.4) is 0 Å². The van der Waals surface area contributed by atoms with Crippen molar-refractivity contribution in [2.45, 2.75) is 26.1 Å². The van der Waals surface area contributed by atoms with Crippen LogP contribution in [0, 0.1) is 0 Å². The van der Waals surface area contributed by atoms with Crippen LogP contribution in [0.25, 0.3) is 0 Å². The average Bonchev–Trinajstić information content (AvgIpc) is 2.33. The van der Waals surface area contributed by atoms with Crippen LogP contribution in [-0.2, 0) is 11.2 Å². The Hall–Kier alpha value is -1.67. The Morgan fingerprint density at radius 3 is 2.26 bits per heavy atom. The first-order chi connectivity index (χ1) is 8.97. The number of benzene rings is 1. The van der Waals surface area contributed by atoms with Crippen molar-refractivity contribution in [2.24, 2.45) is 0 Å². The molecule has 0 aliphatic rings. The first kappa shape index (κ1) is 15.4. The van der Waals surface area contributed by atoms with Crippen LogP contribution >= 0.6 is 0 Å². The summed E-state index contributed by atoms with van der Waals surface area (Å²) in [6.45, 7) is 6.86. The van der Waals surface area contributed by atoms with Gasteiger partial charge in [0.05, 0.1) is 8.07 Å². The van der Waals surface area contributed by atoms with Crippen molar-refractivity contribution in [1.82, 2.24) is 0 Å². The minimum absolute atomic E-state index is 0.130. The van der Waals surface area contributed by atoms with E-state index < -0.39 is 8.07 Å². The van der Waals surface area contributed by atoms with Gasteiger partial charge >= 0.3 is 0 Å². The molecular formula is C17H22OSi. The van der Waals surface area contributed by atoms with Gasteiger partial charge < -0.3 is 0 Å². The highest BCUT2D eigenvalue weighted by Crippen LogP contribution is 2.02. The number of allylic oxidation sites excluding steroid dienone is 5. The molecule has 1 nitrogen and oxygen atoms in total. The van der Waals surface area contributed by atoms with Gasteiger partial charge in [0.2, 0.25) is 0 Å². The highest BCUT2D eigenvalue weighted by molar-refractivity contribution is 6.80.